The Morgan fingerprint density at radius 1 is 1.17 bits per heavy atom. The average Bonchev–Trinajstić information content (AvgIpc) is 2.35. The molecule has 1 unspecified atom stereocenters. The highest BCUT2D eigenvalue weighted by atomic mass is 127. The van der Waals surface area contributed by atoms with Gasteiger partial charge in [0.05, 0.1) is 6.10 Å². The maximum absolute atomic E-state index is 13.5. The minimum absolute atomic E-state index is 0.265. The Morgan fingerprint density at radius 2 is 1.89 bits per heavy atom. The van der Waals surface area contributed by atoms with E-state index >= 15 is 0 Å². The van der Waals surface area contributed by atoms with Gasteiger partial charge in [-0.1, -0.05) is 36.4 Å². The summed E-state index contributed by atoms with van der Waals surface area (Å²) in [4.78, 5) is 0. The van der Waals surface area contributed by atoms with Crippen molar-refractivity contribution in [2.45, 2.75) is 19.4 Å². The van der Waals surface area contributed by atoms with E-state index in [4.69, 9.17) is 0 Å². The van der Waals surface area contributed by atoms with Gasteiger partial charge in [-0.2, -0.15) is 0 Å². The summed E-state index contributed by atoms with van der Waals surface area (Å²) in [6.07, 6.45) is -0.375. The van der Waals surface area contributed by atoms with E-state index in [9.17, 15) is 9.50 Å². The molecule has 1 atom stereocenters. The standard InChI is InChI=1S/C15H14FIO/c1-10-5-4-7-12(15(10)17)14(18)9-11-6-2-3-8-13(11)16/h2-8,14,18H,9H2,1H3. The van der Waals surface area contributed by atoms with Gasteiger partial charge in [-0.15, -0.1) is 0 Å². The number of hydrogen-bond donors (Lipinski definition) is 1. The van der Waals surface area contributed by atoms with E-state index in [1.54, 1.807) is 18.2 Å². The molecule has 1 nitrogen and oxygen atoms in total. The fourth-order valence-corrected chi connectivity index (χ4v) is 2.63. The minimum Gasteiger partial charge on any atom is -0.388 e. The number of aliphatic hydroxyl groups excluding tert-OH is 1. The normalized spacial score (nSPS) is 12.4. The largest absolute Gasteiger partial charge is 0.388 e. The second kappa shape index (κ2) is 5.80. The molecule has 0 aliphatic carbocycles. The molecular formula is C15H14FIO. The molecule has 1 N–H and O–H groups in total. The van der Waals surface area contributed by atoms with Gasteiger partial charge in [0, 0.05) is 9.99 Å². The first-order valence-electron chi connectivity index (χ1n) is 5.76. The van der Waals surface area contributed by atoms with Gasteiger partial charge in [-0.25, -0.2) is 4.39 Å². The van der Waals surface area contributed by atoms with Crippen LogP contribution in [0.15, 0.2) is 42.5 Å². The highest BCUT2D eigenvalue weighted by Gasteiger charge is 2.14. The summed E-state index contributed by atoms with van der Waals surface area (Å²) < 4.78 is 14.6. The SMILES string of the molecule is Cc1cccc(C(O)Cc2ccccc2F)c1I. The zero-order valence-corrected chi connectivity index (χ0v) is 12.2. The van der Waals surface area contributed by atoms with Crippen LogP contribution < -0.4 is 0 Å². The van der Waals surface area contributed by atoms with Crippen molar-refractivity contribution >= 4 is 22.6 Å². The van der Waals surface area contributed by atoms with Crippen LogP contribution in [0.4, 0.5) is 4.39 Å². The predicted molar refractivity (Wildman–Crippen MR) is 79.0 cm³/mol. The van der Waals surface area contributed by atoms with Crippen molar-refractivity contribution in [3.05, 3.63) is 68.5 Å². The van der Waals surface area contributed by atoms with Gasteiger partial charge >= 0.3 is 0 Å². The van der Waals surface area contributed by atoms with Crippen molar-refractivity contribution in [2.75, 3.05) is 0 Å². The molecule has 18 heavy (non-hydrogen) atoms. The van der Waals surface area contributed by atoms with Crippen molar-refractivity contribution in [2.24, 2.45) is 0 Å². The summed E-state index contributed by atoms with van der Waals surface area (Å²) in [6, 6.07) is 12.4. The van der Waals surface area contributed by atoms with Gasteiger partial charge in [-0.3, -0.25) is 0 Å². The zero-order valence-electron chi connectivity index (χ0n) is 10.0. The van der Waals surface area contributed by atoms with E-state index < -0.39 is 6.10 Å². The van der Waals surface area contributed by atoms with Gasteiger partial charge in [0.2, 0.25) is 0 Å². The number of benzene rings is 2. The van der Waals surface area contributed by atoms with E-state index in [1.165, 1.54) is 6.07 Å². The molecule has 0 bridgehead atoms. The molecule has 3 heteroatoms. The first-order chi connectivity index (χ1) is 8.59. The molecule has 0 fully saturated rings. The summed E-state index contributed by atoms with van der Waals surface area (Å²) in [5.74, 6) is -0.265. The summed E-state index contributed by atoms with van der Waals surface area (Å²) in [7, 11) is 0. The second-order valence-corrected chi connectivity index (χ2v) is 5.37. The quantitative estimate of drug-likeness (QED) is 0.824. The third kappa shape index (κ3) is 2.90. The van der Waals surface area contributed by atoms with Crippen molar-refractivity contribution in [3.8, 4) is 0 Å². The van der Waals surface area contributed by atoms with Gasteiger partial charge in [0.1, 0.15) is 5.82 Å². The molecule has 0 amide bonds. The Bertz CT molecular complexity index is 554. The van der Waals surface area contributed by atoms with E-state index in [1.807, 2.05) is 25.1 Å². The van der Waals surface area contributed by atoms with Crippen LogP contribution in [0.2, 0.25) is 0 Å². The Balaban J connectivity index is 2.25. The van der Waals surface area contributed by atoms with Gasteiger partial charge in [0.25, 0.3) is 0 Å². The van der Waals surface area contributed by atoms with Gasteiger partial charge in [0.15, 0.2) is 0 Å². The molecule has 0 aliphatic heterocycles. The third-order valence-electron chi connectivity index (χ3n) is 2.95. The van der Waals surface area contributed by atoms with E-state index in [2.05, 4.69) is 22.6 Å². The highest BCUT2D eigenvalue weighted by Crippen LogP contribution is 2.26. The smallest absolute Gasteiger partial charge is 0.126 e. The Morgan fingerprint density at radius 3 is 2.61 bits per heavy atom. The summed E-state index contributed by atoms with van der Waals surface area (Å²) >= 11 is 2.22. The zero-order chi connectivity index (χ0) is 13.1. The van der Waals surface area contributed by atoms with E-state index in [0.29, 0.717) is 12.0 Å². The lowest BCUT2D eigenvalue weighted by Gasteiger charge is -2.14. The van der Waals surface area contributed by atoms with Crippen LogP contribution in [0.1, 0.15) is 22.8 Å². The van der Waals surface area contributed by atoms with Crippen LogP contribution in [-0.2, 0) is 6.42 Å². The minimum atomic E-state index is -0.673. The number of halogens is 2. The summed E-state index contributed by atoms with van der Waals surface area (Å²) in [5.41, 5.74) is 2.53. The van der Waals surface area contributed by atoms with Gasteiger partial charge < -0.3 is 5.11 Å². The monoisotopic (exact) mass is 356 g/mol. The molecule has 0 aromatic heterocycles. The van der Waals surface area contributed by atoms with Crippen molar-refractivity contribution in [1.82, 2.24) is 0 Å². The molecular weight excluding hydrogens is 342 g/mol. The Hall–Kier alpha value is -0.940. The van der Waals surface area contributed by atoms with Gasteiger partial charge in [-0.05, 0) is 52.3 Å². The molecule has 0 radical (unpaired) electrons. The summed E-state index contributed by atoms with van der Waals surface area (Å²) in [6.45, 7) is 2.00. The lowest BCUT2D eigenvalue weighted by atomic mass is 10.00. The number of hydrogen-bond acceptors (Lipinski definition) is 1. The predicted octanol–water partition coefficient (Wildman–Crippen LogP) is 4.01. The molecule has 0 saturated carbocycles. The molecule has 0 spiro atoms. The number of aryl methyl sites for hydroxylation is 1. The van der Waals surface area contributed by atoms with E-state index in [0.717, 1.165) is 14.7 Å². The van der Waals surface area contributed by atoms with Crippen molar-refractivity contribution in [1.29, 1.82) is 0 Å². The highest BCUT2D eigenvalue weighted by molar-refractivity contribution is 14.1. The molecule has 0 heterocycles. The van der Waals surface area contributed by atoms with Crippen molar-refractivity contribution in [3.63, 3.8) is 0 Å². The van der Waals surface area contributed by atoms with Crippen LogP contribution in [-0.4, -0.2) is 5.11 Å². The van der Waals surface area contributed by atoms with Crippen LogP contribution >= 0.6 is 22.6 Å². The summed E-state index contributed by atoms with van der Waals surface area (Å²) in [5, 5.41) is 10.2. The molecule has 0 aliphatic rings. The molecule has 0 saturated heterocycles. The maximum Gasteiger partial charge on any atom is 0.126 e. The lowest BCUT2D eigenvalue weighted by Crippen LogP contribution is -2.06. The maximum atomic E-state index is 13.5. The first-order valence-corrected chi connectivity index (χ1v) is 6.84. The Kier molecular flexibility index (Phi) is 4.35. The molecule has 2 aromatic carbocycles. The average molecular weight is 356 g/mol. The molecule has 94 valence electrons. The van der Waals surface area contributed by atoms with Crippen LogP contribution in [0.5, 0.6) is 0 Å². The number of aliphatic hydroxyl groups is 1. The van der Waals surface area contributed by atoms with Crippen molar-refractivity contribution < 1.29 is 9.50 Å². The fourth-order valence-electron chi connectivity index (χ4n) is 1.91. The second-order valence-electron chi connectivity index (χ2n) is 4.29. The number of rotatable bonds is 3. The van der Waals surface area contributed by atoms with Crippen LogP contribution in [0.3, 0.4) is 0 Å². The fraction of sp³-hybridized carbons (Fsp3) is 0.200. The van der Waals surface area contributed by atoms with Crippen LogP contribution in [0, 0.1) is 16.3 Å². The molecule has 2 aromatic rings. The topological polar surface area (TPSA) is 20.2 Å². The molecule has 2 rings (SSSR count). The van der Waals surface area contributed by atoms with E-state index in [-0.39, 0.29) is 5.82 Å². The third-order valence-corrected chi connectivity index (χ3v) is 4.43. The lowest BCUT2D eigenvalue weighted by molar-refractivity contribution is 0.176. The van der Waals surface area contributed by atoms with Crippen LogP contribution in [0.25, 0.3) is 0 Å². The first kappa shape index (κ1) is 13.5. The Labute approximate surface area is 120 Å².